The lowest BCUT2D eigenvalue weighted by atomic mass is 10.0. The van der Waals surface area contributed by atoms with E-state index in [9.17, 15) is 9.59 Å². The van der Waals surface area contributed by atoms with Gasteiger partial charge < -0.3 is 20.8 Å². The average Bonchev–Trinajstić information content (AvgIpc) is 3.18. The number of rotatable bonds is 2. The summed E-state index contributed by atoms with van der Waals surface area (Å²) in [7, 11) is 0. The van der Waals surface area contributed by atoms with Gasteiger partial charge in [0, 0.05) is 12.1 Å². The summed E-state index contributed by atoms with van der Waals surface area (Å²) in [5, 5.41) is 23.7. The molecule has 0 amide bonds. The van der Waals surface area contributed by atoms with E-state index in [4.69, 9.17) is 10.2 Å². The zero-order valence-corrected chi connectivity index (χ0v) is 12.8. The maximum Gasteiger partial charge on any atom is 0.320 e. The molecule has 6 atom stereocenters. The Bertz CT molecular complexity index is 378. The van der Waals surface area contributed by atoms with Gasteiger partial charge in [-0.1, -0.05) is 12.8 Å². The molecule has 0 aromatic heterocycles. The van der Waals surface area contributed by atoms with Gasteiger partial charge in [0.1, 0.15) is 12.1 Å². The van der Waals surface area contributed by atoms with Crippen LogP contribution in [-0.2, 0) is 9.59 Å². The van der Waals surface area contributed by atoms with Crippen LogP contribution in [0.2, 0.25) is 0 Å². The highest BCUT2D eigenvalue weighted by atomic mass is 16.4. The lowest BCUT2D eigenvalue weighted by molar-refractivity contribution is -0.140. The van der Waals surface area contributed by atoms with Crippen LogP contribution in [0.3, 0.4) is 0 Å². The predicted octanol–water partition coefficient (Wildman–Crippen LogP) is 1.20. The molecule has 2 saturated heterocycles. The van der Waals surface area contributed by atoms with Gasteiger partial charge in [0.05, 0.1) is 0 Å². The van der Waals surface area contributed by atoms with E-state index in [2.05, 4.69) is 10.6 Å². The molecule has 2 heterocycles. The van der Waals surface area contributed by atoms with Gasteiger partial charge in [0.25, 0.3) is 0 Å². The van der Waals surface area contributed by atoms with E-state index in [1.165, 1.54) is 38.5 Å². The first kappa shape index (κ1) is 15.7. The van der Waals surface area contributed by atoms with Crippen LogP contribution in [-0.4, -0.2) is 46.3 Å². The van der Waals surface area contributed by atoms with Gasteiger partial charge in [-0.25, -0.2) is 0 Å². The predicted molar refractivity (Wildman–Crippen MR) is 80.6 cm³/mol. The molecule has 2 aliphatic heterocycles. The van der Waals surface area contributed by atoms with Crippen LogP contribution >= 0.6 is 0 Å². The molecule has 4 rings (SSSR count). The van der Waals surface area contributed by atoms with Crippen molar-refractivity contribution >= 4 is 11.9 Å². The molecule has 4 N–H and O–H groups in total. The van der Waals surface area contributed by atoms with E-state index < -0.39 is 11.9 Å². The maximum atomic E-state index is 10.6. The number of nitrogens with one attached hydrogen (secondary N) is 2. The lowest BCUT2D eigenvalue weighted by Crippen LogP contribution is -2.34. The van der Waals surface area contributed by atoms with Gasteiger partial charge in [0.2, 0.25) is 0 Å². The number of carboxylic acid groups (broad SMARTS) is 2. The van der Waals surface area contributed by atoms with Gasteiger partial charge in [-0.3, -0.25) is 9.59 Å². The van der Waals surface area contributed by atoms with Crippen LogP contribution in [0.1, 0.15) is 51.4 Å². The standard InChI is InChI=1S/2C8H13NO2/c2*10-8(11)7-4-5-2-1-3-6(5)9-7/h2*5-7,9H,1-4H2,(H,10,11). The van der Waals surface area contributed by atoms with E-state index >= 15 is 0 Å². The molecule has 124 valence electrons. The maximum absolute atomic E-state index is 10.6. The Kier molecular flexibility index (Phi) is 4.68. The average molecular weight is 310 g/mol. The molecular formula is C16H26N2O4. The first-order chi connectivity index (χ1) is 10.5. The Labute approximate surface area is 130 Å². The van der Waals surface area contributed by atoms with E-state index in [0.29, 0.717) is 23.9 Å². The van der Waals surface area contributed by atoms with Crippen molar-refractivity contribution in [3.63, 3.8) is 0 Å². The molecule has 0 aromatic rings. The molecule has 6 unspecified atom stereocenters. The topological polar surface area (TPSA) is 98.7 Å². The number of hydrogen-bond donors (Lipinski definition) is 4. The van der Waals surface area contributed by atoms with Gasteiger partial charge in [-0.15, -0.1) is 0 Å². The molecule has 2 aliphatic carbocycles. The van der Waals surface area contributed by atoms with Crippen LogP contribution in [0, 0.1) is 11.8 Å². The number of fused-ring (bicyclic) bond motifs is 2. The summed E-state index contributed by atoms with van der Waals surface area (Å²) in [6.07, 6.45) is 9.04. The summed E-state index contributed by atoms with van der Waals surface area (Å²) in [6, 6.07) is 0.503. The van der Waals surface area contributed by atoms with E-state index in [1.54, 1.807) is 0 Å². The molecule has 0 spiro atoms. The molecular weight excluding hydrogens is 284 g/mol. The lowest BCUT2D eigenvalue weighted by Gasteiger charge is -2.07. The molecule has 0 radical (unpaired) electrons. The number of carboxylic acids is 2. The molecule has 0 aromatic carbocycles. The highest BCUT2D eigenvalue weighted by Crippen LogP contribution is 2.35. The van der Waals surface area contributed by atoms with Gasteiger partial charge in [-0.05, 0) is 50.4 Å². The molecule has 4 aliphatic rings. The minimum Gasteiger partial charge on any atom is -0.480 e. The van der Waals surface area contributed by atoms with Gasteiger partial charge >= 0.3 is 11.9 Å². The fraction of sp³-hybridized carbons (Fsp3) is 0.875. The zero-order valence-electron chi connectivity index (χ0n) is 12.8. The summed E-state index contributed by atoms with van der Waals surface area (Å²) in [6.45, 7) is 0. The van der Waals surface area contributed by atoms with Crippen LogP contribution in [0.4, 0.5) is 0 Å². The third kappa shape index (κ3) is 3.27. The first-order valence-electron chi connectivity index (χ1n) is 8.52. The Hall–Kier alpha value is -1.14. The van der Waals surface area contributed by atoms with Gasteiger partial charge in [0.15, 0.2) is 0 Å². The SMILES string of the molecule is O=C(O)C1CC2CCCC2N1.O=C(O)C1CC2CCCC2N1. The molecule has 6 heteroatoms. The summed E-state index contributed by atoms with van der Waals surface area (Å²) in [4.78, 5) is 21.1. The van der Waals surface area contributed by atoms with Crippen molar-refractivity contribution in [2.75, 3.05) is 0 Å². The number of carbonyl (C=O) groups is 2. The largest absolute Gasteiger partial charge is 0.480 e. The summed E-state index contributed by atoms with van der Waals surface area (Å²) >= 11 is 0. The van der Waals surface area contributed by atoms with Gasteiger partial charge in [-0.2, -0.15) is 0 Å². The minimum absolute atomic E-state index is 0.259. The first-order valence-corrected chi connectivity index (χ1v) is 8.52. The number of aliphatic carboxylic acids is 2. The van der Waals surface area contributed by atoms with Crippen molar-refractivity contribution in [2.24, 2.45) is 11.8 Å². The third-order valence-electron chi connectivity index (χ3n) is 5.82. The van der Waals surface area contributed by atoms with Crippen molar-refractivity contribution in [1.82, 2.24) is 10.6 Å². The summed E-state index contributed by atoms with van der Waals surface area (Å²) < 4.78 is 0. The molecule has 0 bridgehead atoms. The third-order valence-corrected chi connectivity index (χ3v) is 5.82. The Morgan fingerprint density at radius 1 is 0.727 bits per heavy atom. The molecule has 4 fully saturated rings. The quantitative estimate of drug-likeness (QED) is 0.612. The molecule has 6 nitrogen and oxygen atoms in total. The smallest absolute Gasteiger partial charge is 0.320 e. The van der Waals surface area contributed by atoms with Crippen molar-refractivity contribution in [3.05, 3.63) is 0 Å². The van der Waals surface area contributed by atoms with E-state index in [-0.39, 0.29) is 12.1 Å². The highest BCUT2D eigenvalue weighted by Gasteiger charge is 2.40. The highest BCUT2D eigenvalue weighted by molar-refractivity contribution is 5.74. The van der Waals surface area contributed by atoms with Crippen LogP contribution in [0.25, 0.3) is 0 Å². The zero-order chi connectivity index (χ0) is 15.7. The molecule has 22 heavy (non-hydrogen) atoms. The second kappa shape index (κ2) is 6.54. The Balaban J connectivity index is 0.000000131. The van der Waals surface area contributed by atoms with Crippen molar-refractivity contribution in [1.29, 1.82) is 0 Å². The molecule has 2 saturated carbocycles. The van der Waals surface area contributed by atoms with Crippen molar-refractivity contribution < 1.29 is 19.8 Å². The monoisotopic (exact) mass is 310 g/mol. The second-order valence-corrected chi connectivity index (χ2v) is 7.18. The van der Waals surface area contributed by atoms with E-state index in [0.717, 1.165) is 12.8 Å². The number of hydrogen-bond acceptors (Lipinski definition) is 4. The van der Waals surface area contributed by atoms with E-state index in [1.807, 2.05) is 0 Å². The van der Waals surface area contributed by atoms with Crippen LogP contribution in [0.15, 0.2) is 0 Å². The minimum atomic E-state index is -0.681. The normalized spacial score (nSPS) is 42.4. The van der Waals surface area contributed by atoms with Crippen LogP contribution in [0.5, 0.6) is 0 Å². The summed E-state index contributed by atoms with van der Waals surface area (Å²) in [5.74, 6) is -0.0639. The summed E-state index contributed by atoms with van der Waals surface area (Å²) in [5.41, 5.74) is 0. The Morgan fingerprint density at radius 3 is 1.45 bits per heavy atom. The van der Waals surface area contributed by atoms with Crippen LogP contribution < -0.4 is 10.6 Å². The van der Waals surface area contributed by atoms with Crippen molar-refractivity contribution in [2.45, 2.75) is 75.5 Å². The second-order valence-electron chi connectivity index (χ2n) is 7.18. The fourth-order valence-electron chi connectivity index (χ4n) is 4.68. The Morgan fingerprint density at radius 2 is 1.14 bits per heavy atom. The van der Waals surface area contributed by atoms with Crippen molar-refractivity contribution in [3.8, 4) is 0 Å². The fourth-order valence-corrected chi connectivity index (χ4v) is 4.68.